The van der Waals surface area contributed by atoms with Gasteiger partial charge < -0.3 is 10.1 Å². The van der Waals surface area contributed by atoms with Crippen molar-refractivity contribution in [1.82, 2.24) is 5.32 Å². The molecule has 108 valence electrons. The smallest absolute Gasteiger partial charge is 0.150 e. The van der Waals surface area contributed by atoms with Gasteiger partial charge in [-0.1, -0.05) is 13.8 Å². The minimum atomic E-state index is -2.77. The van der Waals surface area contributed by atoms with E-state index in [4.69, 9.17) is 4.74 Å². The Bertz CT molecular complexity index is 327. The maximum absolute atomic E-state index is 11.5. The van der Waals surface area contributed by atoms with Gasteiger partial charge >= 0.3 is 0 Å². The fourth-order valence-corrected chi connectivity index (χ4v) is 4.44. The lowest BCUT2D eigenvalue weighted by atomic mass is 9.89. The summed E-state index contributed by atoms with van der Waals surface area (Å²) in [6, 6.07) is 0. The van der Waals surface area contributed by atoms with Crippen molar-refractivity contribution in [1.29, 1.82) is 0 Å². The largest absolute Gasteiger partial charge is 0.381 e. The van der Waals surface area contributed by atoms with Crippen LogP contribution in [0.5, 0.6) is 0 Å². The summed E-state index contributed by atoms with van der Waals surface area (Å²) in [5.74, 6) is 2.01. The van der Waals surface area contributed by atoms with Gasteiger partial charge in [0.2, 0.25) is 0 Å². The van der Waals surface area contributed by atoms with Gasteiger partial charge in [0, 0.05) is 13.2 Å². The van der Waals surface area contributed by atoms with Gasteiger partial charge in [0.05, 0.1) is 11.5 Å². The van der Waals surface area contributed by atoms with Crippen LogP contribution in [0.25, 0.3) is 0 Å². The van der Waals surface area contributed by atoms with Crippen LogP contribution < -0.4 is 5.32 Å². The van der Waals surface area contributed by atoms with Crippen LogP contribution in [0, 0.1) is 17.8 Å². The second-order valence-corrected chi connectivity index (χ2v) is 7.97. The summed E-state index contributed by atoms with van der Waals surface area (Å²) in [5, 5.41) is 3.17. The molecule has 0 aromatic carbocycles. The third-order valence-electron chi connectivity index (χ3n) is 3.48. The lowest BCUT2D eigenvalue weighted by Crippen LogP contribution is -2.28. The summed E-state index contributed by atoms with van der Waals surface area (Å²) in [7, 11) is -0.849. The van der Waals surface area contributed by atoms with Gasteiger partial charge in [-0.2, -0.15) is 0 Å². The molecule has 0 aliphatic carbocycles. The number of rotatable bonds is 8. The van der Waals surface area contributed by atoms with Crippen molar-refractivity contribution in [2.24, 2.45) is 17.8 Å². The molecule has 18 heavy (non-hydrogen) atoms. The van der Waals surface area contributed by atoms with Crippen LogP contribution in [0.2, 0.25) is 0 Å². The fourth-order valence-electron chi connectivity index (χ4n) is 2.52. The van der Waals surface area contributed by atoms with Crippen LogP contribution in [0.3, 0.4) is 0 Å². The monoisotopic (exact) mass is 277 g/mol. The topological polar surface area (TPSA) is 55.4 Å². The fraction of sp³-hybridized carbons (Fsp3) is 1.00. The maximum Gasteiger partial charge on any atom is 0.150 e. The van der Waals surface area contributed by atoms with Crippen LogP contribution in [0.15, 0.2) is 0 Å². The first-order valence-electron chi connectivity index (χ1n) is 6.87. The average Bonchev–Trinajstić information content (AvgIpc) is 2.63. The Morgan fingerprint density at radius 1 is 1.39 bits per heavy atom. The highest BCUT2D eigenvalue weighted by Gasteiger charge is 2.33. The summed E-state index contributed by atoms with van der Waals surface area (Å²) in [5.41, 5.74) is 0. The molecular formula is C13H27NO3S. The maximum atomic E-state index is 11.5. The molecular weight excluding hydrogens is 250 g/mol. The lowest BCUT2D eigenvalue weighted by Gasteiger charge is -2.22. The van der Waals surface area contributed by atoms with Gasteiger partial charge in [0.15, 0.2) is 9.84 Å². The Labute approximate surface area is 111 Å². The molecule has 1 N–H and O–H groups in total. The quantitative estimate of drug-likeness (QED) is 0.680. The molecule has 0 bridgehead atoms. The molecule has 0 spiro atoms. The predicted molar refractivity (Wildman–Crippen MR) is 74.5 cm³/mol. The highest BCUT2D eigenvalue weighted by molar-refractivity contribution is 7.91. The van der Waals surface area contributed by atoms with E-state index in [-0.39, 0.29) is 0 Å². The molecule has 4 nitrogen and oxygen atoms in total. The zero-order valence-corrected chi connectivity index (χ0v) is 12.6. The predicted octanol–water partition coefficient (Wildman–Crippen LogP) is 1.32. The minimum Gasteiger partial charge on any atom is -0.381 e. The van der Waals surface area contributed by atoms with E-state index < -0.39 is 9.84 Å². The minimum absolute atomic E-state index is 0.310. The number of hydrogen-bond acceptors (Lipinski definition) is 4. The molecule has 5 heteroatoms. The number of sulfone groups is 1. The van der Waals surface area contributed by atoms with Gasteiger partial charge in [0.25, 0.3) is 0 Å². The van der Waals surface area contributed by atoms with Crippen molar-refractivity contribution in [3.05, 3.63) is 0 Å². The second-order valence-electron chi connectivity index (χ2n) is 5.74. The number of hydrogen-bond donors (Lipinski definition) is 1. The van der Waals surface area contributed by atoms with Crippen LogP contribution in [-0.4, -0.2) is 46.7 Å². The summed E-state index contributed by atoms with van der Waals surface area (Å²) >= 11 is 0. The Hall–Kier alpha value is -0.130. The van der Waals surface area contributed by atoms with Gasteiger partial charge in [-0.3, -0.25) is 0 Å². The van der Waals surface area contributed by atoms with Crippen LogP contribution in [-0.2, 0) is 14.6 Å². The van der Waals surface area contributed by atoms with Gasteiger partial charge in [-0.15, -0.1) is 0 Å². The zero-order valence-electron chi connectivity index (χ0n) is 11.8. The average molecular weight is 277 g/mol. The highest BCUT2D eigenvalue weighted by atomic mass is 32.2. The first-order chi connectivity index (χ1) is 8.44. The SMILES string of the molecule is CNCC(CCOCC(C)C)C1CCS(=O)(=O)C1. The van der Waals surface area contributed by atoms with E-state index in [1.54, 1.807) is 0 Å². The molecule has 2 atom stereocenters. The second kappa shape index (κ2) is 7.46. The molecule has 1 saturated heterocycles. The van der Waals surface area contributed by atoms with Crippen molar-refractivity contribution in [3.8, 4) is 0 Å². The van der Waals surface area contributed by atoms with Gasteiger partial charge in [0.1, 0.15) is 0 Å². The third kappa shape index (κ3) is 5.67. The van der Waals surface area contributed by atoms with Crippen LogP contribution in [0.1, 0.15) is 26.7 Å². The van der Waals surface area contributed by atoms with Gasteiger partial charge in [-0.05, 0) is 44.2 Å². The van der Waals surface area contributed by atoms with E-state index in [9.17, 15) is 8.42 Å². The summed E-state index contributed by atoms with van der Waals surface area (Å²) in [4.78, 5) is 0. The molecule has 2 unspecified atom stereocenters. The van der Waals surface area contributed by atoms with Crippen molar-refractivity contribution >= 4 is 9.84 Å². The summed E-state index contributed by atoms with van der Waals surface area (Å²) < 4.78 is 28.6. The molecule has 0 aromatic rings. The van der Waals surface area contributed by atoms with Crippen molar-refractivity contribution in [2.75, 3.05) is 38.3 Å². The molecule has 0 aromatic heterocycles. The lowest BCUT2D eigenvalue weighted by molar-refractivity contribution is 0.0917. The first-order valence-corrected chi connectivity index (χ1v) is 8.69. The van der Waals surface area contributed by atoms with Crippen molar-refractivity contribution in [3.63, 3.8) is 0 Å². The Kier molecular flexibility index (Phi) is 6.60. The molecule has 1 rings (SSSR count). The summed E-state index contributed by atoms with van der Waals surface area (Å²) in [6.07, 6.45) is 1.77. The Balaban J connectivity index is 2.36. The molecule has 0 saturated carbocycles. The van der Waals surface area contributed by atoms with Crippen molar-refractivity contribution in [2.45, 2.75) is 26.7 Å². The van der Waals surface area contributed by atoms with Crippen LogP contribution in [0.4, 0.5) is 0 Å². The van der Waals surface area contributed by atoms with E-state index >= 15 is 0 Å². The normalized spacial score (nSPS) is 24.6. The van der Waals surface area contributed by atoms with E-state index in [1.165, 1.54) is 0 Å². The third-order valence-corrected chi connectivity index (χ3v) is 5.28. The molecule has 1 fully saturated rings. The van der Waals surface area contributed by atoms with Crippen LogP contribution >= 0.6 is 0 Å². The molecule has 0 radical (unpaired) electrons. The van der Waals surface area contributed by atoms with Crippen molar-refractivity contribution < 1.29 is 13.2 Å². The molecule has 1 aliphatic heterocycles. The standard InChI is InChI=1S/C13H27NO3S/c1-11(2)9-17-6-4-12(8-14-3)13-5-7-18(15,16)10-13/h11-14H,4-10H2,1-3H3. The molecule has 1 aliphatic rings. The van der Waals surface area contributed by atoms with E-state index in [0.717, 1.165) is 32.6 Å². The highest BCUT2D eigenvalue weighted by Crippen LogP contribution is 2.27. The van der Waals surface area contributed by atoms with Gasteiger partial charge in [-0.25, -0.2) is 8.42 Å². The molecule has 1 heterocycles. The van der Waals surface area contributed by atoms with E-state index in [2.05, 4.69) is 19.2 Å². The zero-order chi connectivity index (χ0) is 13.6. The number of nitrogens with one attached hydrogen (secondary N) is 1. The van der Waals surface area contributed by atoms with E-state index in [1.807, 2.05) is 7.05 Å². The molecule has 0 amide bonds. The first kappa shape index (κ1) is 15.9. The Morgan fingerprint density at radius 2 is 2.11 bits per heavy atom. The van der Waals surface area contributed by atoms with E-state index in [0.29, 0.717) is 29.3 Å². The summed E-state index contributed by atoms with van der Waals surface area (Å²) in [6.45, 7) is 6.67. The Morgan fingerprint density at radius 3 is 2.61 bits per heavy atom. The number of ether oxygens (including phenoxy) is 1.